The molecule has 0 bridgehead atoms. The molecule has 2 aliphatic rings. The molecule has 116 valence electrons. The summed E-state index contributed by atoms with van der Waals surface area (Å²) in [6, 6.07) is 0.637. The molecule has 0 aromatic heterocycles. The molecule has 0 aromatic rings. The normalized spacial score (nSPS) is 30.4. The molecule has 0 aliphatic carbocycles. The molecule has 5 nitrogen and oxygen atoms in total. The maximum atomic E-state index is 12.7. The van der Waals surface area contributed by atoms with Crippen LogP contribution in [0.1, 0.15) is 46.0 Å². The second-order valence-electron chi connectivity index (χ2n) is 6.31. The summed E-state index contributed by atoms with van der Waals surface area (Å²) >= 11 is 0. The van der Waals surface area contributed by atoms with Crippen LogP contribution < -0.4 is 0 Å². The molecule has 0 spiro atoms. The van der Waals surface area contributed by atoms with Crippen LogP contribution in [0.3, 0.4) is 0 Å². The van der Waals surface area contributed by atoms with E-state index < -0.39 is 10.0 Å². The lowest BCUT2D eigenvalue weighted by atomic mass is 9.91. The van der Waals surface area contributed by atoms with E-state index in [1.807, 2.05) is 4.90 Å². The van der Waals surface area contributed by atoms with Crippen LogP contribution in [0.2, 0.25) is 0 Å². The molecule has 0 saturated carbocycles. The van der Waals surface area contributed by atoms with E-state index in [1.165, 1.54) is 17.0 Å². The number of nitrogens with zero attached hydrogens (tertiary/aromatic N) is 2. The van der Waals surface area contributed by atoms with Crippen LogP contribution in [-0.4, -0.2) is 55.0 Å². The van der Waals surface area contributed by atoms with Gasteiger partial charge in [-0.2, -0.15) is 0 Å². The number of hydrogen-bond donors (Lipinski definition) is 0. The highest BCUT2D eigenvalue weighted by atomic mass is 32.2. The van der Waals surface area contributed by atoms with Crippen LogP contribution >= 0.6 is 0 Å². The highest BCUT2D eigenvalue weighted by Gasteiger charge is 2.36. The first-order valence-corrected chi connectivity index (χ1v) is 9.43. The second-order valence-corrected chi connectivity index (χ2v) is 8.29. The Kier molecular flexibility index (Phi) is 4.74. The second kappa shape index (κ2) is 6.02. The molecule has 2 saturated heterocycles. The van der Waals surface area contributed by atoms with Crippen LogP contribution in [0.15, 0.2) is 0 Å². The van der Waals surface area contributed by atoms with Crippen molar-refractivity contribution in [2.24, 2.45) is 5.92 Å². The number of likely N-dealkylation sites (tertiary alicyclic amines) is 1. The van der Waals surface area contributed by atoms with Crippen molar-refractivity contribution in [3.05, 3.63) is 0 Å². The van der Waals surface area contributed by atoms with Crippen molar-refractivity contribution < 1.29 is 13.2 Å². The molecule has 6 heteroatoms. The Hall–Kier alpha value is -0.620. The third kappa shape index (κ3) is 3.34. The summed E-state index contributed by atoms with van der Waals surface area (Å²) in [5.41, 5.74) is 0. The molecular weight excluding hydrogens is 276 g/mol. The van der Waals surface area contributed by atoms with Gasteiger partial charge in [0.05, 0.1) is 6.26 Å². The molecule has 0 radical (unpaired) electrons. The fourth-order valence-corrected chi connectivity index (χ4v) is 4.38. The fourth-order valence-electron chi connectivity index (χ4n) is 3.50. The van der Waals surface area contributed by atoms with E-state index in [0.29, 0.717) is 38.0 Å². The molecule has 2 fully saturated rings. The van der Waals surface area contributed by atoms with Crippen molar-refractivity contribution >= 4 is 15.9 Å². The number of rotatable bonds is 2. The largest absolute Gasteiger partial charge is 0.337 e. The van der Waals surface area contributed by atoms with Crippen molar-refractivity contribution in [3.63, 3.8) is 0 Å². The van der Waals surface area contributed by atoms with Gasteiger partial charge in [-0.3, -0.25) is 4.79 Å². The lowest BCUT2D eigenvalue weighted by molar-refractivity contribution is -0.143. The maximum absolute atomic E-state index is 12.7. The van der Waals surface area contributed by atoms with Gasteiger partial charge in [0.2, 0.25) is 15.9 Å². The van der Waals surface area contributed by atoms with Crippen molar-refractivity contribution in [2.75, 3.05) is 19.3 Å². The van der Waals surface area contributed by atoms with Crippen molar-refractivity contribution in [3.8, 4) is 0 Å². The molecule has 2 atom stereocenters. The molecule has 0 aromatic carbocycles. The highest BCUT2D eigenvalue weighted by Crippen LogP contribution is 2.28. The topological polar surface area (TPSA) is 57.7 Å². The first-order chi connectivity index (χ1) is 9.30. The lowest BCUT2D eigenvalue weighted by Crippen LogP contribution is -2.51. The molecule has 1 amide bonds. The van der Waals surface area contributed by atoms with Crippen LogP contribution in [0.25, 0.3) is 0 Å². The zero-order valence-electron chi connectivity index (χ0n) is 12.7. The van der Waals surface area contributed by atoms with Gasteiger partial charge >= 0.3 is 0 Å². The minimum Gasteiger partial charge on any atom is -0.337 e. The number of hydrogen-bond acceptors (Lipinski definition) is 3. The predicted molar refractivity (Wildman–Crippen MR) is 78.8 cm³/mol. The van der Waals surface area contributed by atoms with Gasteiger partial charge in [0.1, 0.15) is 0 Å². The minimum absolute atomic E-state index is 0.00370. The Bertz CT molecular complexity index is 445. The number of carbonyl (C=O) groups is 1. The molecule has 0 N–H and O–H groups in total. The molecule has 2 unspecified atom stereocenters. The monoisotopic (exact) mass is 302 g/mol. The van der Waals surface area contributed by atoms with E-state index in [4.69, 9.17) is 0 Å². The summed E-state index contributed by atoms with van der Waals surface area (Å²) in [7, 11) is -3.11. The van der Waals surface area contributed by atoms with Gasteiger partial charge in [0, 0.05) is 31.1 Å². The van der Waals surface area contributed by atoms with E-state index in [2.05, 4.69) is 13.8 Å². The Morgan fingerprint density at radius 3 is 1.95 bits per heavy atom. The lowest BCUT2D eigenvalue weighted by Gasteiger charge is -2.42. The van der Waals surface area contributed by atoms with E-state index >= 15 is 0 Å². The van der Waals surface area contributed by atoms with Crippen LogP contribution in [0, 0.1) is 5.92 Å². The van der Waals surface area contributed by atoms with Gasteiger partial charge in [-0.15, -0.1) is 0 Å². The smallest absolute Gasteiger partial charge is 0.226 e. The Labute approximate surface area is 122 Å². The molecular formula is C14H26N2O3S. The summed E-state index contributed by atoms with van der Waals surface area (Å²) < 4.78 is 24.5. The minimum atomic E-state index is -3.11. The Morgan fingerprint density at radius 1 is 1.00 bits per heavy atom. The van der Waals surface area contributed by atoms with E-state index in [-0.39, 0.29) is 11.8 Å². The van der Waals surface area contributed by atoms with E-state index in [0.717, 1.165) is 12.8 Å². The fraction of sp³-hybridized carbons (Fsp3) is 0.929. The van der Waals surface area contributed by atoms with Gasteiger partial charge in [-0.1, -0.05) is 0 Å². The van der Waals surface area contributed by atoms with Gasteiger partial charge < -0.3 is 4.90 Å². The molecule has 2 heterocycles. The zero-order chi connectivity index (χ0) is 14.9. The number of carbonyl (C=O) groups excluding carboxylic acids is 1. The number of sulfonamides is 1. The third-order valence-corrected chi connectivity index (χ3v) is 6.02. The maximum Gasteiger partial charge on any atom is 0.226 e. The van der Waals surface area contributed by atoms with Gasteiger partial charge in [0.25, 0.3) is 0 Å². The first-order valence-electron chi connectivity index (χ1n) is 7.58. The summed E-state index contributed by atoms with van der Waals surface area (Å²) in [4.78, 5) is 14.7. The predicted octanol–water partition coefficient (Wildman–Crippen LogP) is 1.45. The zero-order valence-corrected chi connectivity index (χ0v) is 13.5. The van der Waals surface area contributed by atoms with Crippen LogP contribution in [0.4, 0.5) is 0 Å². The van der Waals surface area contributed by atoms with E-state index in [1.54, 1.807) is 0 Å². The summed E-state index contributed by atoms with van der Waals surface area (Å²) in [6.07, 6.45) is 5.91. The number of piperidine rings is 2. The Balaban J connectivity index is 1.98. The molecule has 20 heavy (non-hydrogen) atoms. The third-order valence-electron chi connectivity index (χ3n) is 4.72. The van der Waals surface area contributed by atoms with E-state index in [9.17, 15) is 13.2 Å². The van der Waals surface area contributed by atoms with Crippen molar-refractivity contribution in [2.45, 2.75) is 58.0 Å². The summed E-state index contributed by atoms with van der Waals surface area (Å²) in [5, 5.41) is 0. The van der Waals surface area contributed by atoms with Crippen molar-refractivity contribution in [1.29, 1.82) is 0 Å². The number of amides is 1. The molecule has 2 rings (SSSR count). The summed E-state index contributed by atoms with van der Waals surface area (Å²) in [5.74, 6) is 0.230. The van der Waals surface area contributed by atoms with Gasteiger partial charge in [-0.25, -0.2) is 12.7 Å². The van der Waals surface area contributed by atoms with Crippen molar-refractivity contribution in [1.82, 2.24) is 9.21 Å². The van der Waals surface area contributed by atoms with Crippen LogP contribution in [-0.2, 0) is 14.8 Å². The molecule has 2 aliphatic heterocycles. The Morgan fingerprint density at radius 2 is 1.50 bits per heavy atom. The van der Waals surface area contributed by atoms with Gasteiger partial charge in [-0.05, 0) is 46.0 Å². The summed E-state index contributed by atoms with van der Waals surface area (Å²) in [6.45, 7) is 5.20. The highest BCUT2D eigenvalue weighted by molar-refractivity contribution is 7.88. The van der Waals surface area contributed by atoms with Gasteiger partial charge in [0.15, 0.2) is 0 Å². The SMILES string of the molecule is CC1CCCC(C)N1C(=O)C1CCN(S(C)(=O)=O)CC1. The standard InChI is InChI=1S/C14H26N2O3S/c1-11-5-4-6-12(2)16(11)14(17)13-7-9-15(10-8-13)20(3,18)19/h11-13H,4-10H2,1-3H3. The average Bonchev–Trinajstić information content (AvgIpc) is 2.37. The average molecular weight is 302 g/mol. The first kappa shape index (κ1) is 15.8. The van der Waals surface area contributed by atoms with Crippen LogP contribution in [0.5, 0.6) is 0 Å². The quantitative estimate of drug-likeness (QED) is 0.776.